The number of ether oxygens (including phenoxy) is 2. The van der Waals surface area contributed by atoms with Crippen LogP contribution >= 0.6 is 0 Å². The molecule has 1 amide bonds. The van der Waals surface area contributed by atoms with Crippen molar-refractivity contribution in [3.63, 3.8) is 0 Å². The first-order valence-electron chi connectivity index (χ1n) is 16.4. The van der Waals surface area contributed by atoms with Crippen molar-refractivity contribution in [2.45, 2.75) is 46.8 Å². The van der Waals surface area contributed by atoms with E-state index in [0.717, 1.165) is 16.7 Å². The highest BCUT2D eigenvalue weighted by Crippen LogP contribution is 2.25. The lowest BCUT2D eigenvalue weighted by Gasteiger charge is -2.15. The van der Waals surface area contributed by atoms with Crippen LogP contribution in [0, 0.1) is 11.8 Å². The predicted octanol–water partition coefficient (Wildman–Crippen LogP) is 7.53. The van der Waals surface area contributed by atoms with Gasteiger partial charge in [0.05, 0.1) is 0 Å². The van der Waals surface area contributed by atoms with Crippen molar-refractivity contribution in [3.05, 3.63) is 126 Å². The highest BCUT2D eigenvalue weighted by atomic mass is 16.5. The van der Waals surface area contributed by atoms with Gasteiger partial charge in [-0.3, -0.25) is 10.1 Å². The maximum atomic E-state index is 12.5. The van der Waals surface area contributed by atoms with Crippen molar-refractivity contribution in [2.75, 3.05) is 13.1 Å². The number of aromatic nitrogens is 3. The molecule has 248 valence electrons. The van der Waals surface area contributed by atoms with Crippen molar-refractivity contribution in [3.8, 4) is 34.6 Å². The molecule has 1 atom stereocenters. The fourth-order valence-electron chi connectivity index (χ4n) is 4.80. The summed E-state index contributed by atoms with van der Waals surface area (Å²) in [6, 6.07) is 32.8. The number of hydrogen-bond acceptors (Lipinski definition) is 8. The number of nitrogens with one attached hydrogen (secondary N) is 2. The van der Waals surface area contributed by atoms with Crippen LogP contribution < -0.4 is 20.1 Å². The van der Waals surface area contributed by atoms with E-state index in [1.54, 1.807) is 48.5 Å². The van der Waals surface area contributed by atoms with Crippen LogP contribution in [-0.2, 0) is 12.8 Å². The predicted molar refractivity (Wildman–Crippen MR) is 187 cm³/mol. The second-order valence-corrected chi connectivity index (χ2v) is 12.5. The Morgan fingerprint density at radius 1 is 0.667 bits per heavy atom. The van der Waals surface area contributed by atoms with Gasteiger partial charge in [-0.2, -0.15) is 9.97 Å². The summed E-state index contributed by atoms with van der Waals surface area (Å²) in [6.07, 6.45) is 0.454. The highest BCUT2D eigenvalue weighted by molar-refractivity contribution is 5.94. The third kappa shape index (κ3) is 10.2. The molecule has 0 spiro atoms. The van der Waals surface area contributed by atoms with Crippen LogP contribution in [0.3, 0.4) is 0 Å². The Morgan fingerprint density at radius 3 is 1.81 bits per heavy atom. The van der Waals surface area contributed by atoms with Crippen LogP contribution in [0.1, 0.15) is 61.2 Å². The topological polar surface area (TPSA) is 118 Å². The zero-order valence-electron chi connectivity index (χ0n) is 27.9. The van der Waals surface area contributed by atoms with E-state index in [9.17, 15) is 9.90 Å². The molecular weight excluding hydrogens is 602 g/mol. The Morgan fingerprint density at radius 2 is 1.23 bits per heavy atom. The van der Waals surface area contributed by atoms with Crippen molar-refractivity contribution in [2.24, 2.45) is 11.8 Å². The number of benzene rings is 4. The van der Waals surface area contributed by atoms with Gasteiger partial charge in [0.2, 0.25) is 0 Å². The Bertz CT molecular complexity index is 1740. The molecule has 5 aromatic rings. The number of carbonyl (C=O) groups excluding carboxylic acids is 1. The molecule has 9 heteroatoms. The van der Waals surface area contributed by atoms with Crippen LogP contribution in [0.2, 0.25) is 0 Å². The monoisotopic (exact) mass is 645 g/mol. The van der Waals surface area contributed by atoms with Crippen LogP contribution in [-0.4, -0.2) is 39.1 Å². The Kier molecular flexibility index (Phi) is 11.9. The van der Waals surface area contributed by atoms with E-state index >= 15 is 0 Å². The van der Waals surface area contributed by atoms with E-state index < -0.39 is 6.23 Å². The minimum Gasteiger partial charge on any atom is -0.424 e. The average molecular weight is 646 g/mol. The summed E-state index contributed by atoms with van der Waals surface area (Å²) >= 11 is 0. The zero-order chi connectivity index (χ0) is 33.9. The van der Waals surface area contributed by atoms with E-state index in [0.29, 0.717) is 60.7 Å². The molecule has 0 saturated carbocycles. The lowest BCUT2D eigenvalue weighted by atomic mass is 10.0. The van der Waals surface area contributed by atoms with Gasteiger partial charge in [-0.1, -0.05) is 94.4 Å². The largest absolute Gasteiger partial charge is 0.424 e. The van der Waals surface area contributed by atoms with E-state index in [1.807, 2.05) is 32.0 Å². The number of aryl methyl sites for hydroxylation is 2. The van der Waals surface area contributed by atoms with Crippen LogP contribution in [0.5, 0.6) is 23.5 Å². The molecule has 48 heavy (non-hydrogen) atoms. The van der Waals surface area contributed by atoms with Gasteiger partial charge >= 0.3 is 12.0 Å². The molecule has 0 aliphatic carbocycles. The van der Waals surface area contributed by atoms with Gasteiger partial charge in [0.25, 0.3) is 5.91 Å². The molecule has 4 aromatic carbocycles. The fraction of sp³-hybridized carbons (Fsp3) is 0.282. The van der Waals surface area contributed by atoms with Crippen LogP contribution in [0.15, 0.2) is 103 Å². The SMILES string of the molecule is CC(C)CNC(=O)c1ccc(Oc2nc(CCc3ccc(-c4ccccc4)cc3)nc(Oc3ccc(C(O)NCC(C)C)cc3)n2)cc1. The maximum Gasteiger partial charge on any atom is 0.328 e. The van der Waals surface area contributed by atoms with Gasteiger partial charge < -0.3 is 19.9 Å². The van der Waals surface area contributed by atoms with Crippen molar-refractivity contribution in [1.82, 2.24) is 25.6 Å². The summed E-state index contributed by atoms with van der Waals surface area (Å²) in [7, 11) is 0. The first kappa shape index (κ1) is 34.2. The highest BCUT2D eigenvalue weighted by Gasteiger charge is 2.14. The molecule has 0 aliphatic heterocycles. The normalized spacial score (nSPS) is 11.8. The molecule has 0 aliphatic rings. The summed E-state index contributed by atoms with van der Waals surface area (Å²) in [5.41, 5.74) is 4.73. The Hall–Kier alpha value is -5.12. The molecule has 0 fully saturated rings. The smallest absolute Gasteiger partial charge is 0.328 e. The maximum absolute atomic E-state index is 12.5. The third-order valence-corrected chi connectivity index (χ3v) is 7.46. The number of carbonyl (C=O) groups is 1. The van der Waals surface area contributed by atoms with Gasteiger partial charge in [-0.25, -0.2) is 0 Å². The van der Waals surface area contributed by atoms with Crippen LogP contribution in [0.25, 0.3) is 11.1 Å². The molecule has 1 aromatic heterocycles. The van der Waals surface area contributed by atoms with Gasteiger partial charge in [0, 0.05) is 25.1 Å². The minimum atomic E-state index is -0.778. The number of hydrogen-bond donors (Lipinski definition) is 3. The second kappa shape index (κ2) is 16.6. The Labute approximate surface area is 282 Å². The standard InChI is InChI=1S/C39H43N5O4/c1-26(2)24-40-36(45)31-15-19-33(20-16-31)47-38-42-35(23-12-28-10-13-30(14-11-28)29-8-6-5-7-9-29)43-39(44-38)48-34-21-17-32(18-22-34)37(46)41-25-27(3)4/h5-11,13-22,26-27,36,40,45H,12,23-25H2,1-4H3,(H,41,46). The quantitative estimate of drug-likeness (QED) is 0.100. The number of nitrogens with zero attached hydrogens (tertiary/aromatic N) is 3. The summed E-state index contributed by atoms with van der Waals surface area (Å²) in [6.45, 7) is 9.56. The fourth-order valence-corrected chi connectivity index (χ4v) is 4.80. The molecule has 5 rings (SSSR count). The second-order valence-electron chi connectivity index (χ2n) is 12.5. The minimum absolute atomic E-state index is 0.0800. The van der Waals surface area contributed by atoms with Gasteiger partial charge in [-0.05, 0) is 76.9 Å². The molecule has 0 radical (unpaired) electrons. The summed E-state index contributed by atoms with van der Waals surface area (Å²) in [5, 5.41) is 16.5. The number of rotatable bonds is 15. The first-order valence-corrected chi connectivity index (χ1v) is 16.4. The summed E-state index contributed by atoms with van der Waals surface area (Å²) in [5.74, 6) is 2.12. The van der Waals surface area contributed by atoms with Gasteiger partial charge in [0.1, 0.15) is 23.6 Å². The van der Waals surface area contributed by atoms with Crippen molar-refractivity contribution < 1.29 is 19.4 Å². The van der Waals surface area contributed by atoms with Gasteiger partial charge in [-0.15, -0.1) is 4.98 Å². The summed E-state index contributed by atoms with van der Waals surface area (Å²) < 4.78 is 12.1. The summed E-state index contributed by atoms with van der Waals surface area (Å²) in [4.78, 5) is 26.1. The molecule has 9 nitrogen and oxygen atoms in total. The lowest BCUT2D eigenvalue weighted by Crippen LogP contribution is -2.27. The van der Waals surface area contributed by atoms with E-state index in [-0.39, 0.29) is 17.9 Å². The molecule has 0 saturated heterocycles. The molecule has 3 N–H and O–H groups in total. The average Bonchev–Trinajstić information content (AvgIpc) is 3.10. The van der Waals surface area contributed by atoms with Gasteiger partial charge in [0.15, 0.2) is 0 Å². The van der Waals surface area contributed by atoms with Crippen molar-refractivity contribution in [1.29, 1.82) is 0 Å². The number of amides is 1. The number of aliphatic hydroxyl groups excluding tert-OH is 1. The van der Waals surface area contributed by atoms with Crippen molar-refractivity contribution >= 4 is 5.91 Å². The van der Waals surface area contributed by atoms with Crippen LogP contribution in [0.4, 0.5) is 0 Å². The first-order chi connectivity index (χ1) is 23.2. The molecule has 0 bridgehead atoms. The zero-order valence-corrected chi connectivity index (χ0v) is 27.9. The number of aliphatic hydroxyl groups is 1. The van der Waals surface area contributed by atoms with E-state index in [1.165, 1.54) is 5.56 Å². The van der Waals surface area contributed by atoms with E-state index in [2.05, 4.69) is 75.8 Å². The lowest BCUT2D eigenvalue weighted by molar-refractivity contribution is 0.0949. The Balaban J connectivity index is 1.32. The molecular formula is C39H43N5O4. The molecule has 1 heterocycles. The molecule has 1 unspecified atom stereocenters. The van der Waals surface area contributed by atoms with E-state index in [4.69, 9.17) is 9.47 Å². The third-order valence-electron chi connectivity index (χ3n) is 7.46.